The lowest BCUT2D eigenvalue weighted by Gasteiger charge is -2.34. The molecule has 0 radical (unpaired) electrons. The summed E-state index contributed by atoms with van der Waals surface area (Å²) < 4.78 is 14.5. The molecule has 1 aliphatic heterocycles. The van der Waals surface area contributed by atoms with E-state index in [1.807, 2.05) is 62.6 Å². The van der Waals surface area contributed by atoms with Crippen molar-refractivity contribution in [3.63, 3.8) is 0 Å². The van der Waals surface area contributed by atoms with Crippen LogP contribution in [0, 0.1) is 6.92 Å². The van der Waals surface area contributed by atoms with Gasteiger partial charge in [-0.2, -0.15) is 0 Å². The molecule has 0 N–H and O–H groups in total. The van der Waals surface area contributed by atoms with Gasteiger partial charge in [0.2, 0.25) is 0 Å². The molecule has 9 heteroatoms. The largest absolute Gasteiger partial charge is 0.444 e. The highest BCUT2D eigenvalue weighted by Crippen LogP contribution is 2.37. The zero-order valence-electron chi connectivity index (χ0n) is 19.0. The highest BCUT2D eigenvalue weighted by Gasteiger charge is 2.30. The Morgan fingerprint density at radius 1 is 1.30 bits per heavy atom. The van der Waals surface area contributed by atoms with Gasteiger partial charge in [-0.15, -0.1) is 0 Å². The Balaban J connectivity index is 1.70. The van der Waals surface area contributed by atoms with Gasteiger partial charge in [0.15, 0.2) is 0 Å². The van der Waals surface area contributed by atoms with Gasteiger partial charge in [0.25, 0.3) is 0 Å². The first-order valence-corrected chi connectivity index (χ1v) is 12.3. The molecule has 4 rings (SSSR count). The van der Waals surface area contributed by atoms with E-state index in [-0.39, 0.29) is 12.2 Å². The van der Waals surface area contributed by atoms with E-state index < -0.39 is 5.60 Å². The maximum Gasteiger partial charge on any atom is 0.410 e. The second kappa shape index (κ2) is 9.45. The van der Waals surface area contributed by atoms with Crippen molar-refractivity contribution in [3.8, 4) is 11.3 Å². The first-order chi connectivity index (χ1) is 15.5. The summed E-state index contributed by atoms with van der Waals surface area (Å²) >= 11 is 16.4. The van der Waals surface area contributed by atoms with Crippen LogP contribution in [0.5, 0.6) is 0 Å². The molecule has 1 amide bonds. The molecule has 33 heavy (non-hydrogen) atoms. The van der Waals surface area contributed by atoms with Crippen LogP contribution in [0.3, 0.4) is 0 Å². The third kappa shape index (κ3) is 5.48. The van der Waals surface area contributed by atoms with Crippen molar-refractivity contribution in [1.29, 1.82) is 0 Å². The lowest BCUT2D eigenvalue weighted by atomic mass is 10.0. The van der Waals surface area contributed by atoms with Crippen LogP contribution in [0.1, 0.15) is 32.0 Å². The number of carbonyl (C=O) groups is 1. The van der Waals surface area contributed by atoms with E-state index in [1.165, 1.54) is 0 Å². The first kappa shape index (κ1) is 24.3. The van der Waals surface area contributed by atoms with Gasteiger partial charge >= 0.3 is 6.09 Å². The van der Waals surface area contributed by atoms with Gasteiger partial charge in [0.05, 0.1) is 35.7 Å². The smallest absolute Gasteiger partial charge is 0.410 e. The Labute approximate surface area is 211 Å². The molecule has 1 aliphatic rings. The number of aromatic nitrogens is 2. The monoisotopic (exact) mass is 553 g/mol. The fourth-order valence-electron chi connectivity index (χ4n) is 4.02. The number of halogens is 3. The fourth-order valence-corrected chi connectivity index (χ4v) is 5.23. The van der Waals surface area contributed by atoms with Gasteiger partial charge in [-0.3, -0.25) is 0 Å². The molecule has 0 spiro atoms. The number of aryl methyl sites for hydroxylation is 1. The first-order valence-electron chi connectivity index (χ1n) is 10.7. The molecule has 0 saturated carbocycles. The van der Waals surface area contributed by atoms with E-state index in [9.17, 15) is 4.79 Å². The lowest BCUT2D eigenvalue weighted by molar-refractivity contribution is -0.0418. The minimum Gasteiger partial charge on any atom is -0.444 e. The zero-order valence-corrected chi connectivity index (χ0v) is 22.1. The van der Waals surface area contributed by atoms with Crippen molar-refractivity contribution in [1.82, 2.24) is 14.3 Å². The second-order valence-electron chi connectivity index (χ2n) is 9.18. The van der Waals surface area contributed by atoms with Crippen LogP contribution in [-0.2, 0) is 15.9 Å². The highest BCUT2D eigenvalue weighted by molar-refractivity contribution is 9.10. The number of pyridine rings is 1. The summed E-state index contributed by atoms with van der Waals surface area (Å²) in [6, 6.07) is 7.54. The Morgan fingerprint density at radius 3 is 2.76 bits per heavy atom. The highest BCUT2D eigenvalue weighted by atomic mass is 79.9. The summed E-state index contributed by atoms with van der Waals surface area (Å²) in [6.07, 6.45) is 1.91. The van der Waals surface area contributed by atoms with Gasteiger partial charge in [0.1, 0.15) is 11.2 Å². The Kier molecular flexibility index (Phi) is 6.97. The summed E-state index contributed by atoms with van der Waals surface area (Å²) in [5.74, 6) is 0. The number of morpholine rings is 1. The zero-order chi connectivity index (χ0) is 23.9. The molecule has 3 heterocycles. The number of hydrogen-bond acceptors (Lipinski definition) is 4. The summed E-state index contributed by atoms with van der Waals surface area (Å²) in [4.78, 5) is 19.2. The number of ether oxygens (including phenoxy) is 2. The third-order valence-corrected chi connectivity index (χ3v) is 6.38. The van der Waals surface area contributed by atoms with E-state index >= 15 is 0 Å². The summed E-state index contributed by atoms with van der Waals surface area (Å²) in [6.45, 7) is 8.98. The molecular formula is C24H26BrCl2N3O3. The number of amides is 1. The SMILES string of the molecule is Cc1cc(Br)cc(Cl)c1-c1nc2cc(Cl)ccn2c1CC1CN(C(=O)OC(C)(C)C)CCO1. The standard InChI is InChI=1S/C24H26BrCl2N3O3/c1-14-9-15(25)10-18(27)21(14)22-19(30-6-5-16(26)11-20(30)28-22)12-17-13-29(7-8-32-17)23(31)33-24(2,3)4/h5-6,9-11,17H,7-8,12-13H2,1-4H3. The van der Waals surface area contributed by atoms with Gasteiger partial charge in [-0.05, 0) is 51.5 Å². The van der Waals surface area contributed by atoms with Crippen molar-refractivity contribution in [2.45, 2.75) is 45.8 Å². The number of fused-ring (bicyclic) bond motifs is 1. The molecule has 1 unspecified atom stereocenters. The molecule has 1 aromatic carbocycles. The summed E-state index contributed by atoms with van der Waals surface area (Å²) in [5.41, 5.74) is 3.79. The van der Waals surface area contributed by atoms with E-state index in [4.69, 9.17) is 37.7 Å². The quantitative estimate of drug-likeness (QED) is 0.368. The summed E-state index contributed by atoms with van der Waals surface area (Å²) in [5, 5.41) is 1.21. The maximum absolute atomic E-state index is 12.6. The molecule has 1 atom stereocenters. The molecule has 6 nitrogen and oxygen atoms in total. The van der Waals surface area contributed by atoms with Gasteiger partial charge in [0, 0.05) is 40.3 Å². The normalized spacial score (nSPS) is 16.9. The van der Waals surface area contributed by atoms with E-state index in [0.29, 0.717) is 36.2 Å². The molecule has 0 bridgehead atoms. The average molecular weight is 555 g/mol. The van der Waals surface area contributed by atoms with Crippen molar-refractivity contribution in [2.24, 2.45) is 0 Å². The van der Waals surface area contributed by atoms with Crippen LogP contribution in [0.4, 0.5) is 4.79 Å². The number of rotatable bonds is 3. The molecule has 0 aliphatic carbocycles. The topological polar surface area (TPSA) is 56.1 Å². The number of carbonyl (C=O) groups excluding carboxylic acids is 1. The number of nitrogens with zero attached hydrogens (tertiary/aromatic N) is 3. The molecule has 1 fully saturated rings. The van der Waals surface area contributed by atoms with Crippen molar-refractivity contribution >= 4 is 50.9 Å². The minimum absolute atomic E-state index is 0.213. The molecular weight excluding hydrogens is 529 g/mol. The van der Waals surface area contributed by atoms with Crippen LogP contribution in [-0.4, -0.2) is 51.8 Å². The number of imidazole rings is 1. The van der Waals surface area contributed by atoms with Crippen LogP contribution >= 0.6 is 39.1 Å². The van der Waals surface area contributed by atoms with E-state index in [1.54, 1.807) is 4.90 Å². The molecule has 3 aromatic rings. The Hall–Kier alpha value is -1.80. The van der Waals surface area contributed by atoms with E-state index in [2.05, 4.69) is 15.9 Å². The van der Waals surface area contributed by atoms with Gasteiger partial charge in [-0.25, -0.2) is 9.78 Å². The van der Waals surface area contributed by atoms with Crippen LogP contribution in [0.25, 0.3) is 16.9 Å². The maximum atomic E-state index is 12.6. The van der Waals surface area contributed by atoms with Gasteiger partial charge in [-0.1, -0.05) is 39.1 Å². The molecule has 2 aromatic heterocycles. The fraction of sp³-hybridized carbons (Fsp3) is 0.417. The van der Waals surface area contributed by atoms with Crippen molar-refractivity contribution < 1.29 is 14.3 Å². The Bertz CT molecular complexity index is 1180. The summed E-state index contributed by atoms with van der Waals surface area (Å²) in [7, 11) is 0. The second-order valence-corrected chi connectivity index (χ2v) is 10.9. The predicted octanol–water partition coefficient (Wildman–Crippen LogP) is 6.56. The van der Waals surface area contributed by atoms with Crippen LogP contribution in [0.15, 0.2) is 34.9 Å². The van der Waals surface area contributed by atoms with Crippen molar-refractivity contribution in [2.75, 3.05) is 19.7 Å². The molecule has 1 saturated heterocycles. The van der Waals surface area contributed by atoms with Crippen LogP contribution in [0.2, 0.25) is 10.0 Å². The predicted molar refractivity (Wildman–Crippen MR) is 134 cm³/mol. The lowest BCUT2D eigenvalue weighted by Crippen LogP contribution is -2.48. The Morgan fingerprint density at radius 2 is 2.06 bits per heavy atom. The number of benzene rings is 1. The minimum atomic E-state index is -0.547. The van der Waals surface area contributed by atoms with E-state index in [0.717, 1.165) is 32.6 Å². The average Bonchev–Trinajstić information content (AvgIpc) is 3.03. The van der Waals surface area contributed by atoms with Crippen LogP contribution < -0.4 is 0 Å². The van der Waals surface area contributed by atoms with Crippen molar-refractivity contribution in [3.05, 3.63) is 56.2 Å². The third-order valence-electron chi connectivity index (χ3n) is 5.39. The molecule has 176 valence electrons. The number of hydrogen-bond donors (Lipinski definition) is 0. The van der Waals surface area contributed by atoms with Gasteiger partial charge < -0.3 is 18.8 Å².